The highest BCUT2D eigenvalue weighted by atomic mass is 16.7. The van der Waals surface area contributed by atoms with E-state index in [1.807, 2.05) is 0 Å². The number of nitrogens with one attached hydrogen (secondary N) is 2. The second-order valence-electron chi connectivity index (χ2n) is 6.19. The highest BCUT2D eigenvalue weighted by molar-refractivity contribution is 6.05. The fraction of sp³-hybridized carbons (Fsp3) is 0.238. The maximum Gasteiger partial charge on any atom is 0.267 e. The number of amides is 2. The molecule has 8 nitrogen and oxygen atoms in total. The molecule has 2 aromatic rings. The Morgan fingerprint density at radius 2 is 1.90 bits per heavy atom. The summed E-state index contributed by atoms with van der Waals surface area (Å²) in [4.78, 5) is 25.2. The van der Waals surface area contributed by atoms with Gasteiger partial charge in [-0.25, -0.2) is 0 Å². The minimum atomic E-state index is -0.460. The van der Waals surface area contributed by atoms with Gasteiger partial charge < -0.3 is 30.0 Å². The highest BCUT2D eigenvalue weighted by Crippen LogP contribution is 2.33. The third-order valence-corrected chi connectivity index (χ3v) is 4.17. The molecule has 1 aliphatic rings. The van der Waals surface area contributed by atoms with Crippen molar-refractivity contribution in [1.29, 1.82) is 0 Å². The van der Waals surface area contributed by atoms with Crippen molar-refractivity contribution in [1.82, 2.24) is 10.6 Å². The number of rotatable bonds is 8. The molecule has 3 N–H and O–H groups in total. The first-order chi connectivity index (χ1) is 14.1. The van der Waals surface area contributed by atoms with Crippen LogP contribution in [0.15, 0.2) is 48.2 Å². The van der Waals surface area contributed by atoms with Gasteiger partial charge in [0.1, 0.15) is 11.4 Å². The van der Waals surface area contributed by atoms with Gasteiger partial charge in [0, 0.05) is 18.7 Å². The van der Waals surface area contributed by atoms with E-state index in [-0.39, 0.29) is 25.6 Å². The molecule has 0 saturated carbocycles. The molecule has 29 heavy (non-hydrogen) atoms. The predicted octanol–water partition coefficient (Wildman–Crippen LogP) is 1.69. The van der Waals surface area contributed by atoms with Gasteiger partial charge in [0.05, 0.1) is 7.11 Å². The van der Waals surface area contributed by atoms with E-state index in [2.05, 4.69) is 10.6 Å². The molecule has 152 valence electrons. The molecule has 0 fully saturated rings. The van der Waals surface area contributed by atoms with E-state index in [1.165, 1.54) is 7.11 Å². The van der Waals surface area contributed by atoms with E-state index < -0.39 is 11.8 Å². The second kappa shape index (κ2) is 9.61. The summed E-state index contributed by atoms with van der Waals surface area (Å²) in [5.41, 5.74) is 1.12. The Bertz CT molecular complexity index is 908. The Kier molecular flexibility index (Phi) is 6.70. The van der Waals surface area contributed by atoms with Gasteiger partial charge >= 0.3 is 0 Å². The molecule has 0 saturated heterocycles. The fourth-order valence-corrected chi connectivity index (χ4v) is 2.64. The van der Waals surface area contributed by atoms with Crippen LogP contribution in [0.25, 0.3) is 6.08 Å². The lowest BCUT2D eigenvalue weighted by atomic mass is 10.1. The SMILES string of the molecule is COc1ccc(C(=O)N/C(=C/c2ccc3c(c2)OCO3)C(=O)NCCCO)cc1. The normalized spacial score (nSPS) is 12.4. The zero-order valence-electron chi connectivity index (χ0n) is 15.9. The number of fused-ring (bicyclic) bond motifs is 1. The van der Waals surface area contributed by atoms with Crippen molar-refractivity contribution in [2.45, 2.75) is 6.42 Å². The Morgan fingerprint density at radius 3 is 2.62 bits per heavy atom. The molecule has 0 radical (unpaired) electrons. The maximum absolute atomic E-state index is 12.6. The number of hydrogen-bond acceptors (Lipinski definition) is 6. The van der Waals surface area contributed by atoms with Crippen molar-refractivity contribution in [2.75, 3.05) is 27.1 Å². The van der Waals surface area contributed by atoms with Gasteiger partial charge in [-0.05, 0) is 54.5 Å². The van der Waals surface area contributed by atoms with E-state index in [0.29, 0.717) is 34.8 Å². The first kappa shape index (κ1) is 20.2. The van der Waals surface area contributed by atoms with Crippen LogP contribution in [0.2, 0.25) is 0 Å². The van der Waals surface area contributed by atoms with Gasteiger partial charge in [-0.2, -0.15) is 0 Å². The summed E-state index contributed by atoms with van der Waals surface area (Å²) in [5, 5.41) is 14.2. The zero-order chi connectivity index (χ0) is 20.6. The summed E-state index contributed by atoms with van der Waals surface area (Å²) in [6.45, 7) is 0.386. The predicted molar refractivity (Wildman–Crippen MR) is 106 cm³/mol. The largest absolute Gasteiger partial charge is 0.497 e. The van der Waals surface area contributed by atoms with Crippen LogP contribution in [-0.2, 0) is 4.79 Å². The van der Waals surface area contributed by atoms with Crippen molar-refractivity contribution in [3.8, 4) is 17.2 Å². The zero-order valence-corrected chi connectivity index (χ0v) is 15.9. The molecule has 0 unspecified atom stereocenters. The highest BCUT2D eigenvalue weighted by Gasteiger charge is 2.17. The summed E-state index contributed by atoms with van der Waals surface area (Å²) >= 11 is 0. The molecule has 8 heteroatoms. The molecule has 1 aliphatic heterocycles. The number of carbonyl (C=O) groups is 2. The summed E-state index contributed by atoms with van der Waals surface area (Å²) in [6.07, 6.45) is 1.97. The molecule has 3 rings (SSSR count). The number of methoxy groups -OCH3 is 1. The standard InChI is InChI=1S/C21H22N2O6/c1-27-16-6-4-15(5-7-16)20(25)23-17(21(26)22-9-2-10-24)11-14-3-8-18-19(12-14)29-13-28-18/h3-8,11-12,24H,2,9-10,13H2,1H3,(H,22,26)(H,23,25)/b17-11+. The van der Waals surface area contributed by atoms with Crippen LogP contribution in [-0.4, -0.2) is 44.0 Å². The van der Waals surface area contributed by atoms with E-state index in [9.17, 15) is 9.59 Å². The van der Waals surface area contributed by atoms with Gasteiger partial charge in [-0.1, -0.05) is 6.07 Å². The van der Waals surface area contributed by atoms with Crippen LogP contribution in [0.4, 0.5) is 0 Å². The number of aliphatic hydroxyl groups is 1. The molecule has 0 aliphatic carbocycles. The minimum absolute atomic E-state index is 0.0420. The third-order valence-electron chi connectivity index (χ3n) is 4.17. The van der Waals surface area contributed by atoms with Crippen molar-refractivity contribution < 1.29 is 28.9 Å². The van der Waals surface area contributed by atoms with E-state index in [1.54, 1.807) is 48.5 Å². The van der Waals surface area contributed by atoms with Crippen molar-refractivity contribution in [3.63, 3.8) is 0 Å². The van der Waals surface area contributed by atoms with Gasteiger partial charge in [0.15, 0.2) is 11.5 Å². The van der Waals surface area contributed by atoms with Gasteiger partial charge in [0.25, 0.3) is 11.8 Å². The van der Waals surface area contributed by atoms with Crippen LogP contribution in [0.1, 0.15) is 22.3 Å². The second-order valence-corrected chi connectivity index (χ2v) is 6.19. The average molecular weight is 398 g/mol. The Labute approximate surface area is 168 Å². The fourth-order valence-electron chi connectivity index (χ4n) is 2.64. The monoisotopic (exact) mass is 398 g/mol. The molecular formula is C21H22N2O6. The smallest absolute Gasteiger partial charge is 0.267 e. The van der Waals surface area contributed by atoms with Gasteiger partial charge in [-0.3, -0.25) is 9.59 Å². The van der Waals surface area contributed by atoms with Gasteiger partial charge in [0.2, 0.25) is 6.79 Å². The van der Waals surface area contributed by atoms with Crippen molar-refractivity contribution in [2.24, 2.45) is 0 Å². The Balaban J connectivity index is 1.81. The lowest BCUT2D eigenvalue weighted by molar-refractivity contribution is -0.117. The number of ether oxygens (including phenoxy) is 3. The quantitative estimate of drug-likeness (QED) is 0.462. The molecule has 0 spiro atoms. The average Bonchev–Trinajstić information content (AvgIpc) is 3.21. The third kappa shape index (κ3) is 5.26. The topological polar surface area (TPSA) is 106 Å². The molecule has 2 amide bonds. The Morgan fingerprint density at radius 1 is 1.14 bits per heavy atom. The lowest BCUT2D eigenvalue weighted by Gasteiger charge is -2.11. The summed E-state index contributed by atoms with van der Waals surface area (Å²) in [7, 11) is 1.54. The van der Waals surface area contributed by atoms with E-state index >= 15 is 0 Å². The van der Waals surface area contributed by atoms with Gasteiger partial charge in [-0.15, -0.1) is 0 Å². The number of aliphatic hydroxyl groups excluding tert-OH is 1. The van der Waals surface area contributed by atoms with Crippen molar-refractivity contribution >= 4 is 17.9 Å². The molecular weight excluding hydrogens is 376 g/mol. The first-order valence-electron chi connectivity index (χ1n) is 9.06. The number of hydrogen-bond donors (Lipinski definition) is 3. The van der Waals surface area contributed by atoms with Crippen LogP contribution in [0.3, 0.4) is 0 Å². The van der Waals surface area contributed by atoms with Crippen LogP contribution in [0.5, 0.6) is 17.2 Å². The molecule has 1 heterocycles. The maximum atomic E-state index is 12.6. The van der Waals surface area contributed by atoms with E-state index in [0.717, 1.165) is 0 Å². The summed E-state index contributed by atoms with van der Waals surface area (Å²) in [6, 6.07) is 11.8. The lowest BCUT2D eigenvalue weighted by Crippen LogP contribution is -2.35. The summed E-state index contributed by atoms with van der Waals surface area (Å²) in [5.74, 6) is 0.924. The van der Waals surface area contributed by atoms with Crippen molar-refractivity contribution in [3.05, 3.63) is 59.3 Å². The minimum Gasteiger partial charge on any atom is -0.497 e. The van der Waals surface area contributed by atoms with Crippen LogP contribution in [0, 0.1) is 0 Å². The van der Waals surface area contributed by atoms with Crippen LogP contribution < -0.4 is 24.8 Å². The number of benzene rings is 2. The molecule has 0 bridgehead atoms. The molecule has 0 aromatic heterocycles. The van der Waals surface area contributed by atoms with E-state index in [4.69, 9.17) is 19.3 Å². The molecule has 2 aromatic carbocycles. The Hall–Kier alpha value is -3.52. The number of carbonyl (C=O) groups excluding carboxylic acids is 2. The first-order valence-corrected chi connectivity index (χ1v) is 9.06. The molecule has 0 atom stereocenters. The summed E-state index contributed by atoms with van der Waals surface area (Å²) < 4.78 is 15.7. The van der Waals surface area contributed by atoms with Crippen LogP contribution >= 0.6 is 0 Å².